The van der Waals surface area contributed by atoms with Gasteiger partial charge in [-0.2, -0.15) is 0 Å². The Balaban J connectivity index is 2.06. The molecule has 0 radical (unpaired) electrons. The van der Waals surface area contributed by atoms with Crippen molar-refractivity contribution < 1.29 is 14.7 Å². The van der Waals surface area contributed by atoms with Crippen molar-refractivity contribution in [3.8, 4) is 0 Å². The fourth-order valence-electron chi connectivity index (χ4n) is 2.60. The van der Waals surface area contributed by atoms with Crippen molar-refractivity contribution >= 4 is 23.2 Å². The van der Waals surface area contributed by atoms with Crippen LogP contribution in [0.4, 0.5) is 11.4 Å². The third-order valence-electron chi connectivity index (χ3n) is 3.77. The molecule has 1 heterocycles. The van der Waals surface area contributed by atoms with Gasteiger partial charge in [-0.3, -0.25) is 14.5 Å². The number of nitrogens with one attached hydrogen (secondary N) is 1. The molecular formula is C16H23N3O3. The number of carbonyl (C=O) groups excluding carboxylic acids is 2. The molecule has 1 saturated heterocycles. The van der Waals surface area contributed by atoms with E-state index in [4.69, 9.17) is 5.11 Å². The molecule has 2 rings (SSSR count). The van der Waals surface area contributed by atoms with Gasteiger partial charge in [-0.05, 0) is 25.1 Å². The topological polar surface area (TPSA) is 72.9 Å². The van der Waals surface area contributed by atoms with E-state index >= 15 is 0 Å². The molecule has 0 spiro atoms. The molecule has 6 nitrogen and oxygen atoms in total. The zero-order valence-electron chi connectivity index (χ0n) is 12.9. The van der Waals surface area contributed by atoms with Crippen LogP contribution in [-0.4, -0.2) is 54.6 Å². The Morgan fingerprint density at radius 3 is 2.82 bits per heavy atom. The van der Waals surface area contributed by atoms with Gasteiger partial charge in [0.15, 0.2) is 0 Å². The highest BCUT2D eigenvalue weighted by Crippen LogP contribution is 2.29. The summed E-state index contributed by atoms with van der Waals surface area (Å²) in [6.45, 7) is 4.05. The molecule has 1 aliphatic heterocycles. The van der Waals surface area contributed by atoms with Crippen LogP contribution < -0.4 is 10.2 Å². The molecule has 120 valence electrons. The summed E-state index contributed by atoms with van der Waals surface area (Å²) in [6.07, 6.45) is 1.41. The summed E-state index contributed by atoms with van der Waals surface area (Å²) in [5.74, 6) is -0.0495. The van der Waals surface area contributed by atoms with Gasteiger partial charge in [0.05, 0.1) is 24.5 Å². The van der Waals surface area contributed by atoms with E-state index in [1.165, 1.54) is 0 Å². The van der Waals surface area contributed by atoms with Crippen molar-refractivity contribution in [2.75, 3.05) is 43.0 Å². The van der Waals surface area contributed by atoms with E-state index in [1.54, 1.807) is 11.0 Å². The number of hydrogen-bond acceptors (Lipinski definition) is 4. The van der Waals surface area contributed by atoms with Crippen LogP contribution in [0, 0.1) is 0 Å². The fraction of sp³-hybridized carbons (Fsp3) is 0.500. The highest BCUT2D eigenvalue weighted by Gasteiger charge is 2.24. The van der Waals surface area contributed by atoms with E-state index in [0.29, 0.717) is 31.7 Å². The second kappa shape index (κ2) is 7.91. The highest BCUT2D eigenvalue weighted by atomic mass is 16.3. The number of carbonyl (C=O) groups is 2. The zero-order chi connectivity index (χ0) is 15.9. The third kappa shape index (κ3) is 4.05. The Morgan fingerprint density at radius 1 is 1.41 bits per heavy atom. The first-order valence-electron chi connectivity index (χ1n) is 7.68. The van der Waals surface area contributed by atoms with Crippen LogP contribution in [0.1, 0.15) is 19.8 Å². The number of anilines is 2. The first-order valence-corrected chi connectivity index (χ1v) is 7.68. The van der Waals surface area contributed by atoms with Gasteiger partial charge in [-0.1, -0.05) is 19.1 Å². The first kappa shape index (κ1) is 16.5. The lowest BCUT2D eigenvalue weighted by Crippen LogP contribution is -2.35. The number of aliphatic hydroxyl groups is 1. The minimum Gasteiger partial charge on any atom is -0.395 e. The monoisotopic (exact) mass is 305 g/mol. The molecule has 2 amide bonds. The maximum absolute atomic E-state index is 12.2. The van der Waals surface area contributed by atoms with E-state index in [9.17, 15) is 9.59 Å². The van der Waals surface area contributed by atoms with E-state index in [-0.39, 0.29) is 25.0 Å². The number of rotatable bonds is 7. The normalized spacial score (nSPS) is 14.7. The molecule has 0 atom stereocenters. The van der Waals surface area contributed by atoms with Gasteiger partial charge in [0, 0.05) is 19.5 Å². The molecule has 1 aliphatic rings. The number of benzene rings is 1. The van der Waals surface area contributed by atoms with Crippen molar-refractivity contribution in [3.63, 3.8) is 0 Å². The van der Waals surface area contributed by atoms with Gasteiger partial charge in [-0.25, -0.2) is 0 Å². The molecule has 0 bridgehead atoms. The van der Waals surface area contributed by atoms with Crippen LogP contribution in [0.5, 0.6) is 0 Å². The molecule has 1 aromatic carbocycles. The van der Waals surface area contributed by atoms with Crippen LogP contribution in [0.25, 0.3) is 0 Å². The van der Waals surface area contributed by atoms with Gasteiger partial charge < -0.3 is 15.3 Å². The summed E-state index contributed by atoms with van der Waals surface area (Å²) in [4.78, 5) is 27.6. The molecular weight excluding hydrogens is 282 g/mol. The molecule has 0 unspecified atom stereocenters. The Morgan fingerprint density at radius 2 is 2.18 bits per heavy atom. The number of amides is 2. The summed E-state index contributed by atoms with van der Waals surface area (Å²) in [7, 11) is 0. The van der Waals surface area contributed by atoms with Crippen LogP contribution in [-0.2, 0) is 9.59 Å². The third-order valence-corrected chi connectivity index (χ3v) is 3.77. The van der Waals surface area contributed by atoms with Crippen LogP contribution in [0.15, 0.2) is 24.3 Å². The van der Waals surface area contributed by atoms with E-state index < -0.39 is 0 Å². The Hall–Kier alpha value is -1.92. The Kier molecular flexibility index (Phi) is 5.91. The van der Waals surface area contributed by atoms with Gasteiger partial charge in [0.25, 0.3) is 0 Å². The fourth-order valence-corrected chi connectivity index (χ4v) is 2.60. The van der Waals surface area contributed by atoms with Gasteiger partial charge >= 0.3 is 0 Å². The van der Waals surface area contributed by atoms with Crippen molar-refractivity contribution in [3.05, 3.63) is 24.3 Å². The minimum absolute atomic E-state index is 0.0278. The lowest BCUT2D eigenvalue weighted by molar-refractivity contribution is -0.118. The number of likely N-dealkylation sites (N-methyl/N-ethyl adjacent to an activating group) is 1. The summed E-state index contributed by atoms with van der Waals surface area (Å²) in [5.41, 5.74) is 1.41. The van der Waals surface area contributed by atoms with Crippen molar-refractivity contribution in [1.82, 2.24) is 4.90 Å². The van der Waals surface area contributed by atoms with Gasteiger partial charge in [0.1, 0.15) is 0 Å². The maximum Gasteiger partial charge on any atom is 0.238 e. The number of aliphatic hydroxyl groups excluding tert-OH is 1. The summed E-state index contributed by atoms with van der Waals surface area (Å²) < 4.78 is 0. The molecule has 6 heteroatoms. The second-order valence-corrected chi connectivity index (χ2v) is 5.31. The average Bonchev–Trinajstić information content (AvgIpc) is 2.93. The maximum atomic E-state index is 12.2. The van der Waals surface area contributed by atoms with Gasteiger partial charge in [0.2, 0.25) is 11.8 Å². The molecule has 0 saturated carbocycles. The summed E-state index contributed by atoms with van der Waals surface area (Å²) in [5, 5.41) is 11.8. The lowest BCUT2D eigenvalue weighted by atomic mass is 10.2. The quantitative estimate of drug-likeness (QED) is 0.790. The van der Waals surface area contributed by atoms with Crippen LogP contribution in [0.2, 0.25) is 0 Å². The van der Waals surface area contributed by atoms with Crippen molar-refractivity contribution in [2.45, 2.75) is 19.8 Å². The van der Waals surface area contributed by atoms with E-state index in [2.05, 4.69) is 5.32 Å². The second-order valence-electron chi connectivity index (χ2n) is 5.31. The first-order chi connectivity index (χ1) is 10.7. The van der Waals surface area contributed by atoms with Crippen molar-refractivity contribution in [2.24, 2.45) is 0 Å². The number of para-hydroxylation sites is 2. The Bertz CT molecular complexity index is 533. The van der Waals surface area contributed by atoms with E-state index in [0.717, 1.165) is 12.1 Å². The molecule has 22 heavy (non-hydrogen) atoms. The zero-order valence-corrected chi connectivity index (χ0v) is 12.9. The van der Waals surface area contributed by atoms with Gasteiger partial charge in [-0.15, -0.1) is 0 Å². The SMILES string of the molecule is CCN(CCO)CC(=O)Nc1ccccc1N1CCCC1=O. The molecule has 0 aliphatic carbocycles. The highest BCUT2D eigenvalue weighted by molar-refractivity contribution is 6.02. The average molecular weight is 305 g/mol. The lowest BCUT2D eigenvalue weighted by Gasteiger charge is -2.22. The minimum atomic E-state index is -0.144. The van der Waals surface area contributed by atoms with Crippen LogP contribution in [0.3, 0.4) is 0 Å². The summed E-state index contributed by atoms with van der Waals surface area (Å²) >= 11 is 0. The molecule has 2 N–H and O–H groups in total. The largest absolute Gasteiger partial charge is 0.395 e. The summed E-state index contributed by atoms with van der Waals surface area (Å²) in [6, 6.07) is 7.36. The Labute approximate surface area is 130 Å². The molecule has 1 aromatic rings. The van der Waals surface area contributed by atoms with Crippen LogP contribution >= 0.6 is 0 Å². The molecule has 0 aromatic heterocycles. The smallest absolute Gasteiger partial charge is 0.238 e. The molecule has 1 fully saturated rings. The standard InChI is InChI=1S/C16H23N3O3/c1-2-18(10-11-20)12-15(21)17-13-6-3-4-7-14(13)19-9-5-8-16(19)22/h3-4,6-7,20H,2,5,8-12H2,1H3,(H,17,21). The van der Waals surface area contributed by atoms with E-state index in [1.807, 2.05) is 30.0 Å². The predicted molar refractivity (Wildman–Crippen MR) is 85.9 cm³/mol. The number of nitrogens with zero attached hydrogens (tertiary/aromatic N) is 2. The predicted octanol–water partition coefficient (Wildman–Crippen LogP) is 1.07. The number of hydrogen-bond donors (Lipinski definition) is 2. The van der Waals surface area contributed by atoms with Crippen molar-refractivity contribution in [1.29, 1.82) is 0 Å².